The van der Waals surface area contributed by atoms with Crippen LogP contribution in [0.25, 0.3) is 0 Å². The summed E-state index contributed by atoms with van der Waals surface area (Å²) in [6.45, 7) is 6.66. The van der Waals surface area contributed by atoms with Gasteiger partial charge in [-0.1, -0.05) is 28.9 Å². The number of hydrogen-bond acceptors (Lipinski definition) is 4. The molecular formula is C15H21ClN2O2. The van der Waals surface area contributed by atoms with Gasteiger partial charge in [-0.15, -0.1) is 0 Å². The van der Waals surface area contributed by atoms with Crippen LogP contribution in [0.4, 0.5) is 0 Å². The van der Waals surface area contributed by atoms with Crippen LogP contribution < -0.4 is 5.32 Å². The van der Waals surface area contributed by atoms with Crippen LogP contribution >= 0.6 is 11.6 Å². The van der Waals surface area contributed by atoms with Crippen LogP contribution in [0.1, 0.15) is 32.8 Å². The lowest BCUT2D eigenvalue weighted by molar-refractivity contribution is -0.0181. The largest absolute Gasteiger partial charge is 0.389 e. The van der Waals surface area contributed by atoms with Crippen molar-refractivity contribution in [3.8, 4) is 0 Å². The zero-order valence-corrected chi connectivity index (χ0v) is 12.8. The highest BCUT2D eigenvalue weighted by Gasteiger charge is 2.29. The Balaban J connectivity index is 1.89. The van der Waals surface area contributed by atoms with Gasteiger partial charge in [0.25, 0.3) is 0 Å². The maximum absolute atomic E-state index is 10.1. The molecule has 0 aliphatic carbocycles. The number of oxime groups is 1. The Morgan fingerprint density at radius 1 is 1.40 bits per heavy atom. The van der Waals surface area contributed by atoms with E-state index in [9.17, 15) is 5.11 Å². The smallest absolute Gasteiger partial charge is 0.160 e. The summed E-state index contributed by atoms with van der Waals surface area (Å²) in [4.78, 5) is 5.34. The van der Waals surface area contributed by atoms with Crippen LogP contribution in [0.2, 0.25) is 5.02 Å². The fraction of sp³-hybridized carbons (Fsp3) is 0.533. The molecule has 5 heteroatoms. The molecule has 20 heavy (non-hydrogen) atoms. The fourth-order valence-corrected chi connectivity index (χ4v) is 2.08. The second-order valence-electron chi connectivity index (χ2n) is 6.09. The lowest BCUT2D eigenvalue weighted by Gasteiger charge is -2.24. The molecule has 0 spiro atoms. The molecule has 2 rings (SSSR count). The molecule has 2 atom stereocenters. The zero-order chi connectivity index (χ0) is 14.8. The summed E-state index contributed by atoms with van der Waals surface area (Å²) in [6, 6.07) is 7.47. The number of aliphatic hydroxyl groups excluding tert-OH is 1. The summed E-state index contributed by atoms with van der Waals surface area (Å²) in [6.07, 6.45) is -0.271. The zero-order valence-electron chi connectivity index (χ0n) is 12.1. The Morgan fingerprint density at radius 2 is 2.05 bits per heavy atom. The van der Waals surface area contributed by atoms with E-state index >= 15 is 0 Å². The molecule has 0 unspecified atom stereocenters. The Hall–Kier alpha value is -1.10. The van der Waals surface area contributed by atoms with Crippen molar-refractivity contribution < 1.29 is 9.94 Å². The van der Waals surface area contributed by atoms with Crippen molar-refractivity contribution in [3.05, 3.63) is 34.9 Å². The first kappa shape index (κ1) is 15.3. The third-order valence-electron chi connectivity index (χ3n) is 3.14. The van der Waals surface area contributed by atoms with Gasteiger partial charge in [0, 0.05) is 23.5 Å². The molecule has 0 radical (unpaired) electrons. The average Bonchev–Trinajstić information content (AvgIpc) is 2.85. The van der Waals surface area contributed by atoms with E-state index in [1.165, 1.54) is 0 Å². The normalized spacial score (nSPS) is 20.4. The number of nitrogens with zero attached hydrogens (tertiary/aromatic N) is 1. The van der Waals surface area contributed by atoms with Gasteiger partial charge < -0.3 is 15.3 Å². The van der Waals surface area contributed by atoms with Crippen molar-refractivity contribution in [2.24, 2.45) is 5.16 Å². The van der Waals surface area contributed by atoms with Gasteiger partial charge in [-0.05, 0) is 38.5 Å². The molecule has 1 aromatic carbocycles. The topological polar surface area (TPSA) is 53.8 Å². The lowest BCUT2D eigenvalue weighted by atomic mass is 10.0. The first-order valence-corrected chi connectivity index (χ1v) is 7.15. The van der Waals surface area contributed by atoms with E-state index in [2.05, 4.69) is 31.2 Å². The van der Waals surface area contributed by atoms with Crippen LogP contribution in [0.15, 0.2) is 29.4 Å². The number of rotatable bonds is 4. The fourth-order valence-electron chi connectivity index (χ4n) is 1.96. The molecule has 1 aliphatic heterocycles. The van der Waals surface area contributed by atoms with Crippen LogP contribution in [0, 0.1) is 0 Å². The molecule has 1 heterocycles. The van der Waals surface area contributed by atoms with Crippen molar-refractivity contribution in [2.45, 2.75) is 44.9 Å². The first-order chi connectivity index (χ1) is 9.35. The number of nitrogens with one attached hydrogen (secondary N) is 1. The number of aliphatic hydroxyl groups is 1. The standard InChI is InChI=1S/C15H21ClN2O2/c1-15(2,3)17-9-13(19)14-8-12(18-20-14)10-4-6-11(16)7-5-10/h4-7,13-14,17,19H,8-9H2,1-3H3/t13-,14+/m0/s1. The molecule has 0 aromatic heterocycles. The average molecular weight is 297 g/mol. The van der Waals surface area contributed by atoms with Gasteiger partial charge in [-0.25, -0.2) is 0 Å². The lowest BCUT2D eigenvalue weighted by Crippen LogP contribution is -2.44. The minimum absolute atomic E-state index is 0.0283. The quantitative estimate of drug-likeness (QED) is 0.898. The van der Waals surface area contributed by atoms with Crippen molar-refractivity contribution in [1.29, 1.82) is 0 Å². The Bertz CT molecular complexity index is 480. The molecule has 0 saturated carbocycles. The SMILES string of the molecule is CC(C)(C)NC[C@H](O)[C@H]1CC(c2ccc(Cl)cc2)=NO1. The number of halogens is 1. The van der Waals surface area contributed by atoms with Crippen molar-refractivity contribution in [1.82, 2.24) is 5.32 Å². The third kappa shape index (κ3) is 4.20. The summed E-state index contributed by atoms with van der Waals surface area (Å²) in [5.41, 5.74) is 1.80. The van der Waals surface area contributed by atoms with Crippen LogP contribution in [-0.4, -0.2) is 35.1 Å². The summed E-state index contributed by atoms with van der Waals surface area (Å²) >= 11 is 5.86. The van der Waals surface area contributed by atoms with Crippen molar-refractivity contribution >= 4 is 17.3 Å². The van der Waals surface area contributed by atoms with Gasteiger partial charge in [-0.2, -0.15) is 0 Å². The summed E-state index contributed by atoms with van der Waals surface area (Å²) < 4.78 is 0. The van der Waals surface area contributed by atoms with E-state index in [1.54, 1.807) is 0 Å². The molecule has 1 aromatic rings. The van der Waals surface area contributed by atoms with Gasteiger partial charge >= 0.3 is 0 Å². The Labute approximate surface area is 124 Å². The molecule has 0 fully saturated rings. The number of benzene rings is 1. The maximum Gasteiger partial charge on any atom is 0.160 e. The third-order valence-corrected chi connectivity index (χ3v) is 3.39. The minimum Gasteiger partial charge on any atom is -0.389 e. The predicted octanol–water partition coefficient (Wildman–Crippen LogP) is 2.58. The Kier molecular flexibility index (Phi) is 4.68. The van der Waals surface area contributed by atoms with E-state index in [4.69, 9.17) is 16.4 Å². The number of hydrogen-bond donors (Lipinski definition) is 2. The molecule has 0 amide bonds. The van der Waals surface area contributed by atoms with Gasteiger partial charge in [-0.3, -0.25) is 0 Å². The molecule has 110 valence electrons. The molecule has 0 bridgehead atoms. The van der Waals surface area contributed by atoms with Crippen LogP contribution in [0.3, 0.4) is 0 Å². The van der Waals surface area contributed by atoms with Gasteiger partial charge in [0.1, 0.15) is 6.10 Å². The second kappa shape index (κ2) is 6.12. The van der Waals surface area contributed by atoms with E-state index in [-0.39, 0.29) is 11.6 Å². The van der Waals surface area contributed by atoms with Crippen molar-refractivity contribution in [3.63, 3.8) is 0 Å². The Morgan fingerprint density at radius 3 is 2.65 bits per heavy atom. The minimum atomic E-state index is -0.581. The van der Waals surface area contributed by atoms with Crippen LogP contribution in [0.5, 0.6) is 0 Å². The van der Waals surface area contributed by atoms with Crippen molar-refractivity contribution in [2.75, 3.05) is 6.54 Å². The molecular weight excluding hydrogens is 276 g/mol. The summed E-state index contributed by atoms with van der Waals surface area (Å²) in [5, 5.41) is 18.2. The van der Waals surface area contributed by atoms with E-state index in [0.29, 0.717) is 18.0 Å². The molecule has 2 N–H and O–H groups in total. The molecule has 0 saturated heterocycles. The monoisotopic (exact) mass is 296 g/mol. The van der Waals surface area contributed by atoms with Gasteiger partial charge in [0.15, 0.2) is 6.10 Å². The molecule has 4 nitrogen and oxygen atoms in total. The van der Waals surface area contributed by atoms with E-state index < -0.39 is 6.10 Å². The van der Waals surface area contributed by atoms with Crippen LogP contribution in [-0.2, 0) is 4.84 Å². The number of β-amino-alcohol motifs (C(OH)–C–C–N with tert-alkyl or cyclic N) is 1. The highest BCUT2D eigenvalue weighted by atomic mass is 35.5. The highest BCUT2D eigenvalue weighted by Crippen LogP contribution is 2.20. The van der Waals surface area contributed by atoms with Gasteiger partial charge in [0.2, 0.25) is 0 Å². The summed E-state index contributed by atoms with van der Waals surface area (Å²) in [5.74, 6) is 0. The summed E-state index contributed by atoms with van der Waals surface area (Å²) in [7, 11) is 0. The predicted molar refractivity (Wildman–Crippen MR) is 81.2 cm³/mol. The first-order valence-electron chi connectivity index (χ1n) is 6.77. The molecule has 1 aliphatic rings. The highest BCUT2D eigenvalue weighted by molar-refractivity contribution is 6.30. The van der Waals surface area contributed by atoms with E-state index in [1.807, 2.05) is 24.3 Å². The van der Waals surface area contributed by atoms with E-state index in [0.717, 1.165) is 11.3 Å². The maximum atomic E-state index is 10.1. The second-order valence-corrected chi connectivity index (χ2v) is 6.53. The van der Waals surface area contributed by atoms with Gasteiger partial charge in [0.05, 0.1) is 5.71 Å².